The summed E-state index contributed by atoms with van der Waals surface area (Å²) in [7, 11) is 0. The summed E-state index contributed by atoms with van der Waals surface area (Å²) in [5.41, 5.74) is 0. The van der Waals surface area contributed by atoms with Gasteiger partial charge in [-0.3, -0.25) is 0 Å². The number of morpholine rings is 1. The van der Waals surface area contributed by atoms with Crippen LogP contribution in [0.5, 0.6) is 0 Å². The monoisotopic (exact) mass is 278 g/mol. The van der Waals surface area contributed by atoms with Crippen molar-refractivity contribution in [1.29, 1.82) is 0 Å². The van der Waals surface area contributed by atoms with Gasteiger partial charge in [0.15, 0.2) is 0 Å². The fourth-order valence-corrected chi connectivity index (χ4v) is 2.51. The predicted molar refractivity (Wildman–Crippen MR) is 82.4 cm³/mol. The molecule has 0 radical (unpaired) electrons. The molecule has 0 aliphatic carbocycles. The van der Waals surface area contributed by atoms with Crippen LogP contribution in [0, 0.1) is 0 Å². The van der Waals surface area contributed by atoms with E-state index in [1.54, 1.807) is 0 Å². The van der Waals surface area contributed by atoms with Gasteiger partial charge in [0.1, 0.15) is 17.5 Å². The molecule has 2 unspecified atom stereocenters. The third-order valence-corrected chi connectivity index (χ3v) is 3.37. The van der Waals surface area contributed by atoms with E-state index in [-0.39, 0.29) is 12.2 Å². The van der Waals surface area contributed by atoms with E-state index in [0.717, 1.165) is 49.9 Å². The van der Waals surface area contributed by atoms with Gasteiger partial charge in [-0.2, -0.15) is 0 Å². The van der Waals surface area contributed by atoms with E-state index in [1.165, 1.54) is 0 Å². The molecule has 1 aliphatic rings. The van der Waals surface area contributed by atoms with Gasteiger partial charge in [-0.1, -0.05) is 13.8 Å². The fourth-order valence-electron chi connectivity index (χ4n) is 2.51. The maximum atomic E-state index is 5.79. The van der Waals surface area contributed by atoms with E-state index in [4.69, 9.17) is 4.74 Å². The molecule has 2 rings (SSSR count). The molecular weight excluding hydrogens is 252 g/mol. The number of ether oxygens (including phenoxy) is 1. The number of nitrogens with zero attached hydrogens (tertiary/aromatic N) is 3. The van der Waals surface area contributed by atoms with Crippen molar-refractivity contribution in [2.75, 3.05) is 29.9 Å². The average Bonchev–Trinajstić information content (AvgIpc) is 2.43. The zero-order chi connectivity index (χ0) is 14.5. The van der Waals surface area contributed by atoms with Gasteiger partial charge in [0.2, 0.25) is 0 Å². The van der Waals surface area contributed by atoms with Crippen molar-refractivity contribution in [1.82, 2.24) is 9.97 Å². The highest BCUT2D eigenvalue weighted by atomic mass is 16.5. The Morgan fingerprint density at radius 3 is 2.55 bits per heavy atom. The SMILES string of the molecule is CCCNc1cc(N2CC(C)OC(C)C2)nc(CC)n1. The van der Waals surface area contributed by atoms with Gasteiger partial charge in [0, 0.05) is 32.1 Å². The van der Waals surface area contributed by atoms with E-state index in [0.29, 0.717) is 0 Å². The second kappa shape index (κ2) is 6.88. The molecule has 0 saturated carbocycles. The number of hydrogen-bond acceptors (Lipinski definition) is 5. The Bertz CT molecular complexity index is 428. The van der Waals surface area contributed by atoms with Crippen molar-refractivity contribution in [3.63, 3.8) is 0 Å². The van der Waals surface area contributed by atoms with Gasteiger partial charge in [-0.15, -0.1) is 0 Å². The molecule has 0 bridgehead atoms. The molecule has 0 spiro atoms. The molecule has 1 aromatic rings. The van der Waals surface area contributed by atoms with Crippen LogP contribution in [0.4, 0.5) is 11.6 Å². The quantitative estimate of drug-likeness (QED) is 0.896. The lowest BCUT2D eigenvalue weighted by Gasteiger charge is -2.36. The summed E-state index contributed by atoms with van der Waals surface area (Å²) in [6, 6.07) is 2.06. The summed E-state index contributed by atoms with van der Waals surface area (Å²) in [5.74, 6) is 2.84. The van der Waals surface area contributed by atoms with Crippen LogP contribution in [0.25, 0.3) is 0 Å². The number of rotatable bonds is 5. The summed E-state index contributed by atoms with van der Waals surface area (Å²) in [6.07, 6.45) is 2.42. The average molecular weight is 278 g/mol. The van der Waals surface area contributed by atoms with Crippen molar-refractivity contribution < 1.29 is 4.74 Å². The second-order valence-corrected chi connectivity index (χ2v) is 5.47. The zero-order valence-electron chi connectivity index (χ0n) is 13.0. The fraction of sp³-hybridized carbons (Fsp3) is 0.733. The molecule has 1 N–H and O–H groups in total. The Kier molecular flexibility index (Phi) is 5.17. The number of anilines is 2. The van der Waals surface area contributed by atoms with Crippen molar-refractivity contribution >= 4 is 11.6 Å². The van der Waals surface area contributed by atoms with Crippen LogP contribution in [0.2, 0.25) is 0 Å². The predicted octanol–water partition coefficient (Wildman–Crippen LogP) is 2.47. The number of hydrogen-bond donors (Lipinski definition) is 1. The van der Waals surface area contributed by atoms with Crippen LogP contribution in [-0.4, -0.2) is 41.8 Å². The first-order valence-corrected chi connectivity index (χ1v) is 7.64. The van der Waals surface area contributed by atoms with Crippen LogP contribution in [0.3, 0.4) is 0 Å². The second-order valence-electron chi connectivity index (χ2n) is 5.47. The van der Waals surface area contributed by atoms with Gasteiger partial charge in [-0.25, -0.2) is 9.97 Å². The van der Waals surface area contributed by atoms with E-state index in [9.17, 15) is 0 Å². The Labute approximate surface area is 121 Å². The molecule has 1 fully saturated rings. The van der Waals surface area contributed by atoms with Gasteiger partial charge in [0.25, 0.3) is 0 Å². The highest BCUT2D eigenvalue weighted by molar-refractivity contribution is 5.50. The highest BCUT2D eigenvalue weighted by Gasteiger charge is 2.23. The van der Waals surface area contributed by atoms with Crippen LogP contribution in [-0.2, 0) is 11.2 Å². The zero-order valence-corrected chi connectivity index (χ0v) is 13.0. The topological polar surface area (TPSA) is 50.3 Å². The first-order chi connectivity index (χ1) is 9.62. The molecule has 2 atom stereocenters. The summed E-state index contributed by atoms with van der Waals surface area (Å²) >= 11 is 0. The van der Waals surface area contributed by atoms with E-state index >= 15 is 0 Å². The van der Waals surface area contributed by atoms with Crippen LogP contribution >= 0.6 is 0 Å². The molecule has 20 heavy (non-hydrogen) atoms. The van der Waals surface area contributed by atoms with Gasteiger partial charge in [0.05, 0.1) is 12.2 Å². The van der Waals surface area contributed by atoms with Crippen LogP contribution in [0.15, 0.2) is 6.07 Å². The molecule has 0 amide bonds. The van der Waals surface area contributed by atoms with Crippen molar-refractivity contribution in [2.24, 2.45) is 0 Å². The van der Waals surface area contributed by atoms with Crippen LogP contribution in [0.1, 0.15) is 39.9 Å². The summed E-state index contributed by atoms with van der Waals surface area (Å²) in [6.45, 7) is 11.2. The lowest BCUT2D eigenvalue weighted by Crippen LogP contribution is -2.46. The smallest absolute Gasteiger partial charge is 0.134 e. The van der Waals surface area contributed by atoms with E-state index in [2.05, 4.69) is 53.9 Å². The first-order valence-electron chi connectivity index (χ1n) is 7.64. The van der Waals surface area contributed by atoms with Gasteiger partial charge < -0.3 is 15.0 Å². The minimum Gasteiger partial charge on any atom is -0.372 e. The molecule has 2 heterocycles. The van der Waals surface area contributed by atoms with Crippen molar-refractivity contribution in [2.45, 2.75) is 52.7 Å². The Balaban J connectivity index is 2.20. The lowest BCUT2D eigenvalue weighted by atomic mass is 10.2. The van der Waals surface area contributed by atoms with E-state index in [1.807, 2.05) is 0 Å². The minimum absolute atomic E-state index is 0.242. The Morgan fingerprint density at radius 1 is 1.25 bits per heavy atom. The normalized spacial score (nSPS) is 22.9. The van der Waals surface area contributed by atoms with E-state index < -0.39 is 0 Å². The molecule has 0 aromatic carbocycles. The molecule has 5 heteroatoms. The molecule has 1 aromatic heterocycles. The summed E-state index contributed by atoms with van der Waals surface area (Å²) in [4.78, 5) is 11.5. The van der Waals surface area contributed by atoms with Crippen molar-refractivity contribution in [3.05, 3.63) is 11.9 Å². The first kappa shape index (κ1) is 15.0. The van der Waals surface area contributed by atoms with Gasteiger partial charge in [-0.05, 0) is 20.3 Å². The number of aryl methyl sites for hydroxylation is 1. The van der Waals surface area contributed by atoms with Gasteiger partial charge >= 0.3 is 0 Å². The third-order valence-electron chi connectivity index (χ3n) is 3.37. The summed E-state index contributed by atoms with van der Waals surface area (Å²) < 4.78 is 5.79. The van der Waals surface area contributed by atoms with Crippen LogP contribution < -0.4 is 10.2 Å². The lowest BCUT2D eigenvalue weighted by molar-refractivity contribution is -0.00547. The summed E-state index contributed by atoms with van der Waals surface area (Å²) in [5, 5.41) is 3.36. The largest absolute Gasteiger partial charge is 0.372 e. The maximum Gasteiger partial charge on any atom is 0.134 e. The number of nitrogens with one attached hydrogen (secondary N) is 1. The minimum atomic E-state index is 0.242. The maximum absolute atomic E-state index is 5.79. The molecule has 1 aliphatic heterocycles. The third kappa shape index (κ3) is 3.82. The van der Waals surface area contributed by atoms with Crippen molar-refractivity contribution in [3.8, 4) is 0 Å². The molecular formula is C15H26N4O. The highest BCUT2D eigenvalue weighted by Crippen LogP contribution is 2.21. The molecule has 1 saturated heterocycles. The Morgan fingerprint density at radius 2 is 1.95 bits per heavy atom. The molecule has 112 valence electrons. The Hall–Kier alpha value is -1.36. The molecule has 5 nitrogen and oxygen atoms in total. The number of aromatic nitrogens is 2. The standard InChI is InChI=1S/C15H26N4O/c1-5-7-16-14-8-15(18-13(6-2)17-14)19-9-11(3)20-12(4)10-19/h8,11-12H,5-7,9-10H2,1-4H3,(H,16,17,18).